The van der Waals surface area contributed by atoms with Crippen LogP contribution in [0.2, 0.25) is 5.02 Å². The minimum absolute atomic E-state index is 0.00476. The van der Waals surface area contributed by atoms with Gasteiger partial charge in [-0.1, -0.05) is 47.5 Å². The van der Waals surface area contributed by atoms with Crippen molar-refractivity contribution in [3.05, 3.63) is 113 Å². The molecular formula is C28H23ClF3N3O5S2. The first-order valence-corrected chi connectivity index (χ1v) is 15.4. The van der Waals surface area contributed by atoms with Crippen LogP contribution >= 0.6 is 11.6 Å². The number of halogens is 4. The average molecular weight is 638 g/mol. The number of amides is 1. The van der Waals surface area contributed by atoms with E-state index in [-0.39, 0.29) is 26.9 Å². The SMILES string of the molecule is Cc1ccc(S(=O)(=O)N(CC(=O)Nc2ccc(S(=O)(=O)Nc3ccc(Cl)c(C(F)(F)F)c3)cc2)c2ccccc2)cc1. The van der Waals surface area contributed by atoms with Crippen LogP contribution in [0.4, 0.5) is 30.2 Å². The third-order valence-corrected chi connectivity index (χ3v) is 9.43. The second kappa shape index (κ2) is 12.0. The van der Waals surface area contributed by atoms with Gasteiger partial charge in [-0.25, -0.2) is 16.8 Å². The molecule has 0 aliphatic rings. The molecule has 1 amide bonds. The number of anilines is 3. The molecule has 0 unspecified atom stereocenters. The summed E-state index contributed by atoms with van der Waals surface area (Å²) in [4.78, 5) is 12.6. The van der Waals surface area contributed by atoms with Gasteiger partial charge in [0.15, 0.2) is 0 Å². The molecule has 0 aromatic heterocycles. The lowest BCUT2D eigenvalue weighted by Crippen LogP contribution is -2.38. The zero-order chi connectivity index (χ0) is 30.7. The normalized spacial score (nSPS) is 12.0. The van der Waals surface area contributed by atoms with Gasteiger partial charge in [0.25, 0.3) is 20.0 Å². The number of nitrogens with zero attached hydrogens (tertiary/aromatic N) is 1. The molecule has 0 spiro atoms. The van der Waals surface area contributed by atoms with Gasteiger partial charge >= 0.3 is 6.18 Å². The number of nitrogens with one attached hydrogen (secondary N) is 2. The predicted molar refractivity (Wildman–Crippen MR) is 154 cm³/mol. The Labute approximate surface area is 245 Å². The maximum absolute atomic E-state index is 13.4. The molecule has 0 aliphatic heterocycles. The van der Waals surface area contributed by atoms with E-state index in [1.165, 1.54) is 24.3 Å². The van der Waals surface area contributed by atoms with E-state index in [0.29, 0.717) is 6.07 Å². The topological polar surface area (TPSA) is 113 Å². The quantitative estimate of drug-likeness (QED) is 0.224. The smallest absolute Gasteiger partial charge is 0.325 e. The summed E-state index contributed by atoms with van der Waals surface area (Å²) < 4.78 is 94.8. The summed E-state index contributed by atoms with van der Waals surface area (Å²) >= 11 is 5.59. The van der Waals surface area contributed by atoms with Crippen molar-refractivity contribution in [1.29, 1.82) is 0 Å². The molecule has 0 saturated heterocycles. The van der Waals surface area contributed by atoms with Crippen LogP contribution in [0.3, 0.4) is 0 Å². The van der Waals surface area contributed by atoms with E-state index >= 15 is 0 Å². The van der Waals surface area contributed by atoms with E-state index in [1.807, 2.05) is 6.92 Å². The largest absolute Gasteiger partial charge is 0.417 e. The number of alkyl halides is 3. The summed E-state index contributed by atoms with van der Waals surface area (Å²) in [6.07, 6.45) is -4.78. The first-order chi connectivity index (χ1) is 19.7. The van der Waals surface area contributed by atoms with Crippen LogP contribution in [0.15, 0.2) is 107 Å². The molecule has 0 atom stereocenters. The van der Waals surface area contributed by atoms with Crippen molar-refractivity contribution >= 4 is 54.6 Å². The van der Waals surface area contributed by atoms with E-state index in [4.69, 9.17) is 11.6 Å². The van der Waals surface area contributed by atoms with Gasteiger partial charge in [-0.05, 0) is 73.7 Å². The Balaban J connectivity index is 1.51. The van der Waals surface area contributed by atoms with Crippen LogP contribution in [-0.2, 0) is 31.0 Å². The molecule has 0 aliphatic carbocycles. The van der Waals surface area contributed by atoms with Gasteiger partial charge in [0.2, 0.25) is 5.91 Å². The predicted octanol–water partition coefficient (Wildman–Crippen LogP) is 6.30. The first kappa shape index (κ1) is 30.9. The second-order valence-corrected chi connectivity index (χ2v) is 13.0. The number of carbonyl (C=O) groups is 1. The number of sulfonamides is 2. The van der Waals surface area contributed by atoms with Crippen molar-refractivity contribution in [3.63, 3.8) is 0 Å². The molecule has 220 valence electrons. The summed E-state index contributed by atoms with van der Waals surface area (Å²) in [6, 6.07) is 21.6. The summed E-state index contributed by atoms with van der Waals surface area (Å²) in [5, 5.41) is 1.95. The second-order valence-electron chi connectivity index (χ2n) is 9.03. The number of hydrogen-bond donors (Lipinski definition) is 2. The Hall–Kier alpha value is -4.07. The highest BCUT2D eigenvalue weighted by Crippen LogP contribution is 2.36. The number of rotatable bonds is 9. The Morgan fingerprint density at radius 3 is 1.98 bits per heavy atom. The Kier molecular flexibility index (Phi) is 8.85. The first-order valence-electron chi connectivity index (χ1n) is 12.1. The lowest BCUT2D eigenvalue weighted by Gasteiger charge is -2.24. The van der Waals surface area contributed by atoms with Crippen molar-refractivity contribution in [2.75, 3.05) is 20.9 Å². The molecule has 4 rings (SSSR count). The third kappa shape index (κ3) is 7.22. The molecule has 2 N–H and O–H groups in total. The van der Waals surface area contributed by atoms with Gasteiger partial charge in [0.1, 0.15) is 6.54 Å². The highest BCUT2D eigenvalue weighted by Gasteiger charge is 2.34. The Bertz CT molecular complexity index is 1800. The minimum atomic E-state index is -4.78. The number of para-hydroxylation sites is 1. The fourth-order valence-corrected chi connectivity index (χ4v) is 6.51. The van der Waals surface area contributed by atoms with E-state index in [0.717, 1.165) is 34.1 Å². The number of aryl methyl sites for hydroxylation is 1. The van der Waals surface area contributed by atoms with Crippen molar-refractivity contribution in [3.8, 4) is 0 Å². The van der Waals surface area contributed by atoms with Gasteiger partial charge in [0, 0.05) is 11.4 Å². The molecule has 0 radical (unpaired) electrons. The van der Waals surface area contributed by atoms with Gasteiger partial charge in [-0.2, -0.15) is 13.2 Å². The van der Waals surface area contributed by atoms with Gasteiger partial charge in [-0.3, -0.25) is 13.8 Å². The highest BCUT2D eigenvalue weighted by atomic mass is 35.5. The van der Waals surface area contributed by atoms with Crippen LogP contribution in [-0.4, -0.2) is 29.3 Å². The fraction of sp³-hybridized carbons (Fsp3) is 0.107. The van der Waals surface area contributed by atoms with Crippen molar-refractivity contribution < 1.29 is 34.8 Å². The summed E-state index contributed by atoms with van der Waals surface area (Å²) in [5.41, 5.74) is -0.267. The van der Waals surface area contributed by atoms with Crippen LogP contribution in [0.5, 0.6) is 0 Å². The lowest BCUT2D eigenvalue weighted by atomic mass is 10.2. The monoisotopic (exact) mass is 637 g/mol. The van der Waals surface area contributed by atoms with E-state index in [2.05, 4.69) is 10.0 Å². The molecule has 42 heavy (non-hydrogen) atoms. The van der Waals surface area contributed by atoms with Crippen molar-refractivity contribution in [1.82, 2.24) is 0 Å². The van der Waals surface area contributed by atoms with Gasteiger partial charge in [0.05, 0.1) is 26.1 Å². The van der Waals surface area contributed by atoms with Crippen molar-refractivity contribution in [2.24, 2.45) is 0 Å². The number of benzene rings is 4. The Morgan fingerprint density at radius 1 is 0.810 bits per heavy atom. The lowest BCUT2D eigenvalue weighted by molar-refractivity contribution is -0.137. The molecule has 14 heteroatoms. The zero-order valence-corrected chi connectivity index (χ0v) is 24.2. The van der Waals surface area contributed by atoms with Crippen LogP contribution in [0.25, 0.3) is 0 Å². The maximum Gasteiger partial charge on any atom is 0.417 e. The molecule has 0 heterocycles. The highest BCUT2D eigenvalue weighted by molar-refractivity contribution is 7.93. The molecule has 0 saturated carbocycles. The van der Waals surface area contributed by atoms with E-state index in [9.17, 15) is 34.8 Å². The van der Waals surface area contributed by atoms with Crippen LogP contribution in [0.1, 0.15) is 11.1 Å². The molecule has 0 fully saturated rings. The molecule has 8 nitrogen and oxygen atoms in total. The van der Waals surface area contributed by atoms with E-state index in [1.54, 1.807) is 42.5 Å². The molecule has 4 aromatic rings. The molecule has 4 aromatic carbocycles. The van der Waals surface area contributed by atoms with Crippen LogP contribution in [0, 0.1) is 6.92 Å². The summed E-state index contributed by atoms with van der Waals surface area (Å²) in [6.45, 7) is 1.23. The third-order valence-electron chi connectivity index (χ3n) is 5.91. The van der Waals surface area contributed by atoms with Crippen LogP contribution < -0.4 is 14.3 Å². The summed E-state index contributed by atoms with van der Waals surface area (Å²) in [5.74, 6) is -0.705. The minimum Gasteiger partial charge on any atom is -0.325 e. The Morgan fingerprint density at radius 2 is 1.38 bits per heavy atom. The van der Waals surface area contributed by atoms with E-state index < -0.39 is 49.3 Å². The molecular weight excluding hydrogens is 615 g/mol. The summed E-state index contributed by atoms with van der Waals surface area (Å²) in [7, 11) is -8.43. The number of hydrogen-bond acceptors (Lipinski definition) is 5. The average Bonchev–Trinajstić information content (AvgIpc) is 2.93. The number of carbonyl (C=O) groups excluding carboxylic acids is 1. The zero-order valence-electron chi connectivity index (χ0n) is 21.8. The maximum atomic E-state index is 13.4. The van der Waals surface area contributed by atoms with Gasteiger partial charge < -0.3 is 5.32 Å². The standard InChI is InChI=1S/C28H23ClF3N3O5S2/c1-19-7-12-24(13-8-19)42(39,40)35(22-5-3-2-4-6-22)18-27(36)33-20-9-14-23(15-10-20)41(37,38)34-21-11-16-26(29)25(17-21)28(30,31)32/h2-17,34H,18H2,1H3,(H,33,36). The molecule has 0 bridgehead atoms. The van der Waals surface area contributed by atoms with Gasteiger partial charge in [-0.15, -0.1) is 0 Å². The van der Waals surface area contributed by atoms with Crippen molar-refractivity contribution in [2.45, 2.75) is 22.9 Å². The fourth-order valence-electron chi connectivity index (χ4n) is 3.82.